The van der Waals surface area contributed by atoms with Crippen LogP contribution in [0.4, 0.5) is 0 Å². The van der Waals surface area contributed by atoms with Crippen LogP contribution in [0.25, 0.3) is 0 Å². The number of hydrogen-bond acceptors (Lipinski definition) is 4. The average molecular weight is 235 g/mol. The van der Waals surface area contributed by atoms with E-state index in [1.54, 1.807) is 39.1 Å². The average Bonchev–Trinajstić information content (AvgIpc) is 2.85. The lowest BCUT2D eigenvalue weighted by atomic mass is 10.3. The Morgan fingerprint density at radius 2 is 1.88 bits per heavy atom. The summed E-state index contributed by atoms with van der Waals surface area (Å²) in [5, 5.41) is 0. The number of nitrogens with zero attached hydrogens (tertiary/aromatic N) is 1. The van der Waals surface area contributed by atoms with Gasteiger partial charge in [0.15, 0.2) is 0 Å². The molecule has 0 radical (unpaired) electrons. The van der Waals surface area contributed by atoms with Gasteiger partial charge in [0.1, 0.15) is 0 Å². The molecule has 0 atom stereocenters. The second-order valence-electron chi connectivity index (χ2n) is 3.36. The molecular weight excluding hydrogens is 218 g/mol. The van der Waals surface area contributed by atoms with E-state index < -0.39 is 0 Å². The zero-order valence-corrected chi connectivity index (χ0v) is 10.1. The van der Waals surface area contributed by atoms with Crippen LogP contribution in [0.2, 0.25) is 0 Å². The third-order valence-electron chi connectivity index (χ3n) is 1.92. The Kier molecular flexibility index (Phi) is 6.70. The summed E-state index contributed by atoms with van der Waals surface area (Å²) in [5.74, 6) is 0. The van der Waals surface area contributed by atoms with Gasteiger partial charge in [-0.15, -0.1) is 0 Å². The first-order valence-corrected chi connectivity index (χ1v) is 5.24. The number of pyridine rings is 1. The Labute approximate surface area is 101 Å². The van der Waals surface area contributed by atoms with Crippen molar-refractivity contribution in [3.8, 4) is 0 Å². The molecule has 0 saturated heterocycles. The van der Waals surface area contributed by atoms with Gasteiger partial charge in [-0.05, 0) is 17.7 Å². The minimum absolute atomic E-state index is 0.635. The molecule has 92 valence electrons. The SMILES string of the molecule is COCc1cccnc1.COCc1ccoc1. The van der Waals surface area contributed by atoms with Crippen LogP contribution < -0.4 is 0 Å². The van der Waals surface area contributed by atoms with Gasteiger partial charge in [-0.2, -0.15) is 0 Å². The van der Waals surface area contributed by atoms with Gasteiger partial charge in [-0.25, -0.2) is 0 Å². The van der Waals surface area contributed by atoms with Crippen LogP contribution in [0.1, 0.15) is 11.1 Å². The quantitative estimate of drug-likeness (QED) is 0.817. The first-order valence-electron chi connectivity index (χ1n) is 5.24. The van der Waals surface area contributed by atoms with Crippen molar-refractivity contribution in [2.24, 2.45) is 0 Å². The van der Waals surface area contributed by atoms with Gasteiger partial charge in [0, 0.05) is 32.2 Å². The van der Waals surface area contributed by atoms with E-state index in [2.05, 4.69) is 4.98 Å². The van der Waals surface area contributed by atoms with Crippen molar-refractivity contribution < 1.29 is 13.9 Å². The lowest BCUT2D eigenvalue weighted by molar-refractivity contribution is 0.184. The summed E-state index contributed by atoms with van der Waals surface area (Å²) in [7, 11) is 3.33. The predicted octanol–water partition coefficient (Wildman–Crippen LogP) is 2.65. The van der Waals surface area contributed by atoms with E-state index in [-0.39, 0.29) is 0 Å². The minimum atomic E-state index is 0.635. The molecule has 0 aliphatic heterocycles. The van der Waals surface area contributed by atoms with Crippen molar-refractivity contribution in [1.29, 1.82) is 0 Å². The molecule has 4 nitrogen and oxygen atoms in total. The highest BCUT2D eigenvalue weighted by Crippen LogP contribution is 1.99. The molecule has 2 rings (SSSR count). The van der Waals surface area contributed by atoms with Crippen molar-refractivity contribution in [2.45, 2.75) is 13.2 Å². The van der Waals surface area contributed by atoms with Gasteiger partial charge < -0.3 is 13.9 Å². The van der Waals surface area contributed by atoms with Crippen LogP contribution in [-0.2, 0) is 22.7 Å². The number of hydrogen-bond donors (Lipinski definition) is 0. The van der Waals surface area contributed by atoms with Gasteiger partial charge in [0.25, 0.3) is 0 Å². The van der Waals surface area contributed by atoms with Crippen molar-refractivity contribution in [2.75, 3.05) is 14.2 Å². The molecule has 0 aromatic carbocycles. The molecule has 4 heteroatoms. The summed E-state index contributed by atoms with van der Waals surface area (Å²) in [6.45, 7) is 1.28. The molecule has 0 unspecified atom stereocenters. The van der Waals surface area contributed by atoms with E-state index in [9.17, 15) is 0 Å². The number of rotatable bonds is 4. The second-order valence-corrected chi connectivity index (χ2v) is 3.36. The van der Waals surface area contributed by atoms with Crippen molar-refractivity contribution in [3.63, 3.8) is 0 Å². The normalized spacial score (nSPS) is 9.53. The molecule has 0 amide bonds. The van der Waals surface area contributed by atoms with E-state index in [0.717, 1.165) is 11.1 Å². The Balaban J connectivity index is 0.000000171. The largest absolute Gasteiger partial charge is 0.472 e. The van der Waals surface area contributed by atoms with Crippen molar-refractivity contribution >= 4 is 0 Å². The maximum Gasteiger partial charge on any atom is 0.0957 e. The molecule has 0 saturated carbocycles. The summed E-state index contributed by atoms with van der Waals surface area (Å²) in [4.78, 5) is 3.92. The Bertz CT molecular complexity index is 373. The monoisotopic (exact) mass is 235 g/mol. The second kappa shape index (κ2) is 8.50. The van der Waals surface area contributed by atoms with E-state index in [4.69, 9.17) is 13.9 Å². The molecule has 0 N–H and O–H groups in total. The first-order chi connectivity index (χ1) is 8.36. The highest BCUT2D eigenvalue weighted by molar-refractivity contribution is 5.06. The van der Waals surface area contributed by atoms with E-state index >= 15 is 0 Å². The molecule has 2 aromatic rings. The van der Waals surface area contributed by atoms with Gasteiger partial charge >= 0.3 is 0 Å². The van der Waals surface area contributed by atoms with Crippen LogP contribution in [0.3, 0.4) is 0 Å². The number of methoxy groups -OCH3 is 2. The maximum absolute atomic E-state index is 4.89. The van der Waals surface area contributed by atoms with Gasteiger partial charge in [0.2, 0.25) is 0 Å². The fourth-order valence-corrected chi connectivity index (χ4v) is 1.19. The van der Waals surface area contributed by atoms with Gasteiger partial charge in [-0.3, -0.25) is 4.98 Å². The molecule has 2 aromatic heterocycles. The minimum Gasteiger partial charge on any atom is -0.472 e. The maximum atomic E-state index is 4.89. The van der Waals surface area contributed by atoms with Crippen LogP contribution in [0, 0.1) is 0 Å². The Morgan fingerprint density at radius 1 is 1.12 bits per heavy atom. The summed E-state index contributed by atoms with van der Waals surface area (Å²) < 4.78 is 14.5. The zero-order chi connectivity index (χ0) is 12.3. The Morgan fingerprint density at radius 3 is 2.41 bits per heavy atom. The van der Waals surface area contributed by atoms with Crippen molar-refractivity contribution in [1.82, 2.24) is 4.98 Å². The lowest BCUT2D eigenvalue weighted by Gasteiger charge is -1.94. The predicted molar refractivity (Wildman–Crippen MR) is 64.4 cm³/mol. The molecular formula is C13H17NO3. The fourth-order valence-electron chi connectivity index (χ4n) is 1.19. The van der Waals surface area contributed by atoms with Crippen LogP contribution in [0.5, 0.6) is 0 Å². The molecule has 0 spiro atoms. The number of ether oxygens (including phenoxy) is 2. The molecule has 0 aliphatic rings. The van der Waals surface area contributed by atoms with Gasteiger partial charge in [0.05, 0.1) is 25.7 Å². The summed E-state index contributed by atoms with van der Waals surface area (Å²) in [5.41, 5.74) is 2.19. The molecule has 0 bridgehead atoms. The van der Waals surface area contributed by atoms with Crippen LogP contribution >= 0.6 is 0 Å². The van der Waals surface area contributed by atoms with E-state index in [1.165, 1.54) is 0 Å². The standard InChI is InChI=1S/C7H9NO.C6H8O2/c1-9-6-7-3-2-4-8-5-7;1-7-4-6-2-3-8-5-6/h2-5H,6H2,1H3;2-3,5H,4H2,1H3. The third-order valence-corrected chi connectivity index (χ3v) is 1.92. The van der Waals surface area contributed by atoms with E-state index in [1.807, 2.05) is 18.2 Å². The fraction of sp³-hybridized carbons (Fsp3) is 0.308. The molecule has 2 heterocycles. The van der Waals surface area contributed by atoms with E-state index in [0.29, 0.717) is 13.2 Å². The molecule has 17 heavy (non-hydrogen) atoms. The topological polar surface area (TPSA) is 44.5 Å². The number of furan rings is 1. The highest BCUT2D eigenvalue weighted by Gasteiger charge is 1.88. The van der Waals surface area contributed by atoms with Gasteiger partial charge in [-0.1, -0.05) is 6.07 Å². The summed E-state index contributed by atoms with van der Waals surface area (Å²) in [6, 6.07) is 5.76. The Hall–Kier alpha value is -1.65. The lowest BCUT2D eigenvalue weighted by Crippen LogP contribution is -1.86. The third kappa shape index (κ3) is 5.85. The molecule has 0 aliphatic carbocycles. The van der Waals surface area contributed by atoms with Crippen molar-refractivity contribution in [3.05, 3.63) is 54.2 Å². The summed E-state index contributed by atoms with van der Waals surface area (Å²) >= 11 is 0. The number of aromatic nitrogens is 1. The molecule has 0 fully saturated rings. The zero-order valence-electron chi connectivity index (χ0n) is 10.1. The highest BCUT2D eigenvalue weighted by atomic mass is 16.5. The first kappa shape index (κ1) is 13.4. The van der Waals surface area contributed by atoms with Crippen LogP contribution in [0.15, 0.2) is 47.5 Å². The smallest absolute Gasteiger partial charge is 0.0957 e. The van der Waals surface area contributed by atoms with Crippen LogP contribution in [-0.4, -0.2) is 19.2 Å². The summed E-state index contributed by atoms with van der Waals surface area (Å²) in [6.07, 6.45) is 6.85.